The predicted molar refractivity (Wildman–Crippen MR) is 76.7 cm³/mol. The van der Waals surface area contributed by atoms with Crippen LogP contribution in [0.15, 0.2) is 0 Å². The van der Waals surface area contributed by atoms with E-state index in [0.29, 0.717) is 5.41 Å². The highest BCUT2D eigenvalue weighted by molar-refractivity contribution is 5.04. The molecule has 4 saturated carbocycles. The molecule has 0 spiro atoms. The van der Waals surface area contributed by atoms with E-state index in [1.165, 1.54) is 19.3 Å². The second kappa shape index (κ2) is 4.73. The molecule has 0 aromatic carbocycles. The lowest BCUT2D eigenvalue weighted by Gasteiger charge is -2.61. The molecule has 0 atom stereocenters. The average Bonchev–Trinajstić information content (AvgIpc) is 2.38. The van der Waals surface area contributed by atoms with E-state index in [4.69, 9.17) is 10.5 Å². The zero-order chi connectivity index (χ0) is 12.9. The molecule has 108 valence electrons. The molecule has 1 saturated heterocycles. The molecule has 0 aromatic heterocycles. The predicted octanol–water partition coefficient (Wildman–Crippen LogP) is 3.20. The van der Waals surface area contributed by atoms with E-state index in [-0.39, 0.29) is 0 Å². The molecule has 4 bridgehead atoms. The Morgan fingerprint density at radius 3 is 2.00 bits per heavy atom. The topological polar surface area (TPSA) is 35.2 Å². The van der Waals surface area contributed by atoms with Gasteiger partial charge in [-0.2, -0.15) is 0 Å². The van der Waals surface area contributed by atoms with Crippen LogP contribution in [0, 0.1) is 35.0 Å². The van der Waals surface area contributed by atoms with Gasteiger partial charge in [-0.25, -0.2) is 0 Å². The molecule has 5 aliphatic rings. The van der Waals surface area contributed by atoms with Crippen molar-refractivity contribution in [1.29, 1.82) is 0 Å². The summed E-state index contributed by atoms with van der Waals surface area (Å²) in [7, 11) is 0. The van der Waals surface area contributed by atoms with Crippen molar-refractivity contribution in [3.63, 3.8) is 0 Å². The maximum absolute atomic E-state index is 6.00. The zero-order valence-corrected chi connectivity index (χ0v) is 12.2. The van der Waals surface area contributed by atoms with Crippen molar-refractivity contribution in [2.24, 2.45) is 40.7 Å². The third-order valence-corrected chi connectivity index (χ3v) is 7.06. The minimum absolute atomic E-state index is 0.551. The monoisotopic (exact) mass is 263 g/mol. The van der Waals surface area contributed by atoms with Crippen LogP contribution in [0.1, 0.15) is 51.4 Å². The van der Waals surface area contributed by atoms with Crippen LogP contribution in [-0.4, -0.2) is 19.8 Å². The van der Waals surface area contributed by atoms with Gasteiger partial charge in [-0.1, -0.05) is 0 Å². The quantitative estimate of drug-likeness (QED) is 0.848. The van der Waals surface area contributed by atoms with Crippen molar-refractivity contribution in [3.05, 3.63) is 0 Å². The van der Waals surface area contributed by atoms with E-state index in [2.05, 4.69) is 0 Å². The summed E-state index contributed by atoms with van der Waals surface area (Å²) in [5.41, 5.74) is 6.55. The minimum Gasteiger partial charge on any atom is -0.381 e. The summed E-state index contributed by atoms with van der Waals surface area (Å²) in [5.74, 6) is 5.26. The first-order valence-corrected chi connectivity index (χ1v) is 8.58. The first-order chi connectivity index (χ1) is 9.31. The molecule has 1 heterocycles. The van der Waals surface area contributed by atoms with Crippen molar-refractivity contribution in [2.75, 3.05) is 19.8 Å². The minimum atomic E-state index is 0.551. The highest BCUT2D eigenvalue weighted by atomic mass is 16.5. The highest BCUT2D eigenvalue weighted by Gasteiger charge is 2.55. The molecule has 0 radical (unpaired) electrons. The number of rotatable bonds is 3. The van der Waals surface area contributed by atoms with E-state index < -0.39 is 0 Å². The van der Waals surface area contributed by atoms with Gasteiger partial charge >= 0.3 is 0 Å². The van der Waals surface area contributed by atoms with Gasteiger partial charge in [0.2, 0.25) is 0 Å². The molecule has 5 rings (SSSR count). The van der Waals surface area contributed by atoms with Gasteiger partial charge in [-0.05, 0) is 92.9 Å². The summed E-state index contributed by atoms with van der Waals surface area (Å²) in [5, 5.41) is 0. The van der Waals surface area contributed by atoms with E-state index in [1.54, 1.807) is 32.1 Å². The van der Waals surface area contributed by atoms with Crippen LogP contribution in [0.5, 0.6) is 0 Å². The second-order valence-corrected chi connectivity index (χ2v) is 7.97. The molecule has 0 aromatic rings. The molecule has 19 heavy (non-hydrogen) atoms. The van der Waals surface area contributed by atoms with E-state index in [0.717, 1.165) is 49.3 Å². The van der Waals surface area contributed by atoms with E-state index in [9.17, 15) is 0 Å². The molecule has 2 heteroatoms. The third-order valence-electron chi connectivity index (χ3n) is 7.06. The van der Waals surface area contributed by atoms with Crippen LogP contribution >= 0.6 is 0 Å². The normalized spacial score (nSPS) is 47.5. The van der Waals surface area contributed by atoms with Crippen LogP contribution < -0.4 is 5.73 Å². The smallest absolute Gasteiger partial charge is 0.0471 e. The Labute approximate surface area is 117 Å². The second-order valence-electron chi connectivity index (χ2n) is 7.97. The van der Waals surface area contributed by atoms with Gasteiger partial charge in [0.05, 0.1) is 0 Å². The number of hydrogen-bond acceptors (Lipinski definition) is 2. The van der Waals surface area contributed by atoms with Crippen molar-refractivity contribution in [2.45, 2.75) is 51.4 Å². The Hall–Kier alpha value is -0.0800. The van der Waals surface area contributed by atoms with Gasteiger partial charge in [-0.3, -0.25) is 0 Å². The fourth-order valence-electron chi connectivity index (χ4n) is 6.74. The molecular formula is C17H29NO. The number of nitrogens with two attached hydrogens (primary N) is 1. The Balaban J connectivity index is 1.62. The lowest BCUT2D eigenvalue weighted by atomic mass is 9.45. The maximum Gasteiger partial charge on any atom is 0.0471 e. The van der Waals surface area contributed by atoms with Gasteiger partial charge in [0.25, 0.3) is 0 Å². The molecule has 2 N–H and O–H groups in total. The van der Waals surface area contributed by atoms with Crippen molar-refractivity contribution < 1.29 is 4.74 Å². The van der Waals surface area contributed by atoms with Crippen molar-refractivity contribution >= 4 is 0 Å². The molecular weight excluding hydrogens is 234 g/mol. The van der Waals surface area contributed by atoms with Gasteiger partial charge in [0.15, 0.2) is 0 Å². The van der Waals surface area contributed by atoms with Gasteiger partial charge in [0.1, 0.15) is 0 Å². The first kappa shape index (κ1) is 12.6. The maximum atomic E-state index is 6.00. The van der Waals surface area contributed by atoms with Gasteiger partial charge in [0, 0.05) is 13.2 Å². The molecule has 4 aliphatic carbocycles. The number of hydrogen-bond donors (Lipinski definition) is 1. The Morgan fingerprint density at radius 2 is 1.47 bits per heavy atom. The first-order valence-electron chi connectivity index (χ1n) is 8.58. The van der Waals surface area contributed by atoms with Crippen LogP contribution in [0.4, 0.5) is 0 Å². The third kappa shape index (κ3) is 1.98. The summed E-state index contributed by atoms with van der Waals surface area (Å²) in [6.07, 6.45) is 11.6. The van der Waals surface area contributed by atoms with Crippen LogP contribution in [0.3, 0.4) is 0 Å². The van der Waals surface area contributed by atoms with Crippen LogP contribution in [0.25, 0.3) is 0 Å². The van der Waals surface area contributed by atoms with Crippen LogP contribution in [-0.2, 0) is 4.74 Å². The highest BCUT2D eigenvalue weighted by Crippen LogP contribution is 2.63. The largest absolute Gasteiger partial charge is 0.381 e. The lowest BCUT2D eigenvalue weighted by molar-refractivity contribution is -0.131. The van der Waals surface area contributed by atoms with E-state index in [1.807, 2.05) is 0 Å². The lowest BCUT2D eigenvalue weighted by Crippen LogP contribution is -2.53. The number of ether oxygens (including phenoxy) is 1. The summed E-state index contributed by atoms with van der Waals surface area (Å²) in [6, 6.07) is 0. The van der Waals surface area contributed by atoms with Crippen LogP contribution in [0.2, 0.25) is 0 Å². The van der Waals surface area contributed by atoms with Crippen molar-refractivity contribution in [1.82, 2.24) is 0 Å². The van der Waals surface area contributed by atoms with Crippen molar-refractivity contribution in [3.8, 4) is 0 Å². The Bertz CT molecular complexity index is 301. The summed E-state index contributed by atoms with van der Waals surface area (Å²) in [4.78, 5) is 0. The zero-order valence-electron chi connectivity index (χ0n) is 12.2. The SMILES string of the molecule is NCCC1(C2C3CC4CC(C3)CC2C4)CCOCC1. The summed E-state index contributed by atoms with van der Waals surface area (Å²) < 4.78 is 5.67. The molecule has 0 amide bonds. The molecule has 2 nitrogen and oxygen atoms in total. The summed E-state index contributed by atoms with van der Waals surface area (Å²) >= 11 is 0. The summed E-state index contributed by atoms with van der Waals surface area (Å²) in [6.45, 7) is 2.86. The molecule has 5 fully saturated rings. The fourth-order valence-corrected chi connectivity index (χ4v) is 6.74. The Kier molecular flexibility index (Phi) is 3.15. The fraction of sp³-hybridized carbons (Fsp3) is 1.00. The molecule has 0 unspecified atom stereocenters. The van der Waals surface area contributed by atoms with E-state index >= 15 is 0 Å². The van der Waals surface area contributed by atoms with Gasteiger partial charge in [-0.15, -0.1) is 0 Å². The Morgan fingerprint density at radius 1 is 0.895 bits per heavy atom. The average molecular weight is 263 g/mol. The van der Waals surface area contributed by atoms with Gasteiger partial charge < -0.3 is 10.5 Å². The molecule has 1 aliphatic heterocycles. The standard InChI is InChI=1S/C17H29NO/c18-4-1-17(2-5-19-6-3-17)16-14-8-12-7-13(10-14)11-15(16)9-12/h12-16H,1-11,18H2.